The van der Waals surface area contributed by atoms with Crippen LogP contribution in [-0.2, 0) is 35.2 Å². The van der Waals surface area contributed by atoms with Crippen molar-refractivity contribution < 1.29 is 9.53 Å². The van der Waals surface area contributed by atoms with Crippen LogP contribution in [0.3, 0.4) is 0 Å². The molecule has 1 aliphatic carbocycles. The fourth-order valence-corrected chi connectivity index (χ4v) is 4.08. The molecule has 0 amide bonds. The van der Waals surface area contributed by atoms with Crippen molar-refractivity contribution in [1.29, 1.82) is 0 Å². The average Bonchev–Trinajstić information content (AvgIpc) is 3.17. The number of hydrogen-bond donors (Lipinski definition) is 0. The van der Waals surface area contributed by atoms with Crippen LogP contribution in [0.25, 0.3) is 11.3 Å². The highest BCUT2D eigenvalue weighted by Gasteiger charge is 2.19. The highest BCUT2D eigenvalue weighted by atomic mass is 35.5. The Kier molecular flexibility index (Phi) is 5.45. The van der Waals surface area contributed by atoms with Crippen molar-refractivity contribution >= 4 is 17.6 Å². The van der Waals surface area contributed by atoms with Gasteiger partial charge in [-0.15, -0.1) is 0 Å². The summed E-state index contributed by atoms with van der Waals surface area (Å²) in [6, 6.07) is 18.2. The molecule has 0 atom stereocenters. The summed E-state index contributed by atoms with van der Waals surface area (Å²) in [6.45, 7) is 0. The lowest BCUT2D eigenvalue weighted by Crippen LogP contribution is -2.05. The first kappa shape index (κ1) is 18.7. The Hall–Kier alpha value is -2.65. The number of hydrogen-bond acceptors (Lipinski definition) is 3. The van der Waals surface area contributed by atoms with E-state index >= 15 is 0 Å². The third-order valence-electron chi connectivity index (χ3n) is 5.23. The molecule has 0 aliphatic heterocycles. The molecule has 142 valence electrons. The number of methoxy groups -OCH3 is 1. The zero-order valence-corrected chi connectivity index (χ0v) is 16.6. The number of esters is 1. The summed E-state index contributed by atoms with van der Waals surface area (Å²) >= 11 is 6.19. The van der Waals surface area contributed by atoms with Gasteiger partial charge in [0, 0.05) is 16.3 Å². The molecule has 0 N–H and O–H groups in total. The van der Waals surface area contributed by atoms with Crippen LogP contribution in [0, 0.1) is 0 Å². The third-order valence-corrected chi connectivity index (χ3v) is 5.46. The van der Waals surface area contributed by atoms with Crippen molar-refractivity contribution in [3.05, 3.63) is 87.6 Å². The van der Waals surface area contributed by atoms with E-state index in [1.807, 2.05) is 30.3 Å². The van der Waals surface area contributed by atoms with Crippen molar-refractivity contribution in [3.63, 3.8) is 0 Å². The molecular formula is C24H22ClNO2. The first-order valence-corrected chi connectivity index (χ1v) is 9.92. The van der Waals surface area contributed by atoms with Crippen LogP contribution in [-0.4, -0.2) is 18.1 Å². The van der Waals surface area contributed by atoms with Gasteiger partial charge in [-0.05, 0) is 66.1 Å². The van der Waals surface area contributed by atoms with Crippen LogP contribution in [0.15, 0.2) is 54.6 Å². The number of carbonyl (C=O) groups is 1. The average molecular weight is 392 g/mol. The van der Waals surface area contributed by atoms with Gasteiger partial charge in [-0.3, -0.25) is 9.78 Å². The molecule has 3 aromatic rings. The molecule has 1 aromatic heterocycles. The van der Waals surface area contributed by atoms with E-state index in [0.717, 1.165) is 47.5 Å². The molecule has 4 heteroatoms. The summed E-state index contributed by atoms with van der Waals surface area (Å²) in [4.78, 5) is 16.5. The first-order chi connectivity index (χ1) is 13.6. The largest absolute Gasteiger partial charge is 0.469 e. The zero-order valence-electron chi connectivity index (χ0n) is 15.9. The number of aryl methyl sites for hydroxylation is 1. The minimum absolute atomic E-state index is 0.217. The van der Waals surface area contributed by atoms with E-state index in [4.69, 9.17) is 21.3 Å². The summed E-state index contributed by atoms with van der Waals surface area (Å²) < 4.78 is 4.79. The maximum absolute atomic E-state index is 11.6. The normalized spacial score (nSPS) is 12.6. The lowest BCUT2D eigenvalue weighted by molar-refractivity contribution is -0.139. The van der Waals surface area contributed by atoms with Gasteiger partial charge in [-0.2, -0.15) is 0 Å². The summed E-state index contributed by atoms with van der Waals surface area (Å²) in [5, 5.41) is 0.719. The molecular weight excluding hydrogens is 370 g/mol. The fraction of sp³-hybridized carbons (Fsp3) is 0.250. The van der Waals surface area contributed by atoms with Gasteiger partial charge >= 0.3 is 5.97 Å². The number of benzene rings is 2. The van der Waals surface area contributed by atoms with Crippen LogP contribution < -0.4 is 0 Å². The molecule has 0 fully saturated rings. The minimum atomic E-state index is -0.217. The van der Waals surface area contributed by atoms with Gasteiger partial charge in [0.2, 0.25) is 0 Å². The molecule has 0 radical (unpaired) electrons. The van der Waals surface area contributed by atoms with Gasteiger partial charge in [-0.25, -0.2) is 0 Å². The maximum Gasteiger partial charge on any atom is 0.309 e. The molecule has 3 nitrogen and oxygen atoms in total. The Morgan fingerprint density at radius 1 is 1.07 bits per heavy atom. The fourth-order valence-electron chi connectivity index (χ4n) is 3.89. The molecule has 28 heavy (non-hydrogen) atoms. The summed E-state index contributed by atoms with van der Waals surface area (Å²) in [5.41, 5.74) is 8.09. The standard InChI is InChI=1S/C24H22ClNO2/c1-28-24(27)13-17-6-2-5-16(11-17)12-19-15-23(18-7-3-8-20(25)14-18)26-22-10-4-9-21(19)22/h2-3,5-8,11,14-15H,4,9-10,12-13H2,1H3. The monoisotopic (exact) mass is 391 g/mol. The molecule has 4 rings (SSSR count). The Bertz CT molecular complexity index is 1030. The minimum Gasteiger partial charge on any atom is -0.469 e. The first-order valence-electron chi connectivity index (χ1n) is 9.54. The second kappa shape index (κ2) is 8.15. The van der Waals surface area contributed by atoms with Crippen molar-refractivity contribution in [3.8, 4) is 11.3 Å². The van der Waals surface area contributed by atoms with Gasteiger partial charge in [0.05, 0.1) is 19.2 Å². The van der Waals surface area contributed by atoms with Crippen LogP contribution >= 0.6 is 11.6 Å². The number of ether oxygens (including phenoxy) is 1. The Balaban J connectivity index is 1.68. The topological polar surface area (TPSA) is 39.2 Å². The van der Waals surface area contributed by atoms with E-state index in [2.05, 4.69) is 24.3 Å². The van der Waals surface area contributed by atoms with Crippen LogP contribution in [0.5, 0.6) is 0 Å². The summed E-state index contributed by atoms with van der Waals surface area (Å²) in [6.07, 6.45) is 4.38. The molecule has 0 unspecified atom stereocenters. The number of aromatic nitrogens is 1. The third kappa shape index (κ3) is 4.10. The number of pyridine rings is 1. The van der Waals surface area contributed by atoms with Gasteiger partial charge in [0.25, 0.3) is 0 Å². The molecule has 2 aromatic carbocycles. The Labute approximate surface area is 170 Å². The van der Waals surface area contributed by atoms with E-state index in [9.17, 15) is 4.79 Å². The van der Waals surface area contributed by atoms with Crippen LogP contribution in [0.2, 0.25) is 5.02 Å². The van der Waals surface area contributed by atoms with E-state index in [1.54, 1.807) is 0 Å². The van der Waals surface area contributed by atoms with Gasteiger partial charge in [0.15, 0.2) is 0 Å². The smallest absolute Gasteiger partial charge is 0.309 e. The Morgan fingerprint density at radius 3 is 2.71 bits per heavy atom. The van der Waals surface area contributed by atoms with Crippen LogP contribution in [0.1, 0.15) is 34.4 Å². The SMILES string of the molecule is COC(=O)Cc1cccc(Cc2cc(-c3cccc(Cl)c3)nc3c2CCC3)c1. The summed E-state index contributed by atoms with van der Waals surface area (Å²) in [5.74, 6) is -0.217. The number of halogens is 1. The van der Waals surface area contributed by atoms with E-state index in [1.165, 1.54) is 29.5 Å². The van der Waals surface area contributed by atoms with E-state index < -0.39 is 0 Å². The van der Waals surface area contributed by atoms with Gasteiger partial charge in [0.1, 0.15) is 0 Å². The molecule has 0 spiro atoms. The second-order valence-corrected chi connectivity index (χ2v) is 7.64. The van der Waals surface area contributed by atoms with Crippen molar-refractivity contribution in [2.45, 2.75) is 32.1 Å². The number of fused-ring (bicyclic) bond motifs is 1. The van der Waals surface area contributed by atoms with Gasteiger partial charge in [-0.1, -0.05) is 48.0 Å². The molecule has 0 saturated carbocycles. The summed E-state index contributed by atoms with van der Waals surface area (Å²) in [7, 11) is 1.42. The molecule has 1 aliphatic rings. The number of carbonyl (C=O) groups excluding carboxylic acids is 1. The molecule has 1 heterocycles. The Morgan fingerprint density at radius 2 is 1.89 bits per heavy atom. The molecule has 0 bridgehead atoms. The predicted molar refractivity (Wildman–Crippen MR) is 112 cm³/mol. The van der Waals surface area contributed by atoms with Crippen molar-refractivity contribution in [1.82, 2.24) is 4.98 Å². The predicted octanol–water partition coefficient (Wildman–Crippen LogP) is 5.20. The highest BCUT2D eigenvalue weighted by molar-refractivity contribution is 6.30. The second-order valence-electron chi connectivity index (χ2n) is 7.21. The van der Waals surface area contributed by atoms with E-state index in [-0.39, 0.29) is 5.97 Å². The zero-order chi connectivity index (χ0) is 19.5. The maximum atomic E-state index is 11.6. The van der Waals surface area contributed by atoms with Crippen molar-refractivity contribution in [2.75, 3.05) is 7.11 Å². The van der Waals surface area contributed by atoms with Crippen LogP contribution in [0.4, 0.5) is 0 Å². The highest BCUT2D eigenvalue weighted by Crippen LogP contribution is 2.31. The quantitative estimate of drug-likeness (QED) is 0.561. The van der Waals surface area contributed by atoms with Crippen molar-refractivity contribution in [2.24, 2.45) is 0 Å². The number of nitrogens with zero attached hydrogens (tertiary/aromatic N) is 1. The van der Waals surface area contributed by atoms with E-state index in [0.29, 0.717) is 6.42 Å². The van der Waals surface area contributed by atoms with Gasteiger partial charge < -0.3 is 4.74 Å². The molecule has 0 saturated heterocycles. The lowest BCUT2D eigenvalue weighted by atomic mass is 9.96. The number of rotatable bonds is 5. The lowest BCUT2D eigenvalue weighted by Gasteiger charge is -2.13.